The Kier molecular flexibility index (Phi) is 4.06. The van der Waals surface area contributed by atoms with Gasteiger partial charge in [-0.05, 0) is 32.4 Å². The molecule has 2 rings (SSSR count). The molecule has 0 fully saturated rings. The van der Waals surface area contributed by atoms with Crippen LogP contribution in [0.15, 0.2) is 18.2 Å². The molecule has 0 radical (unpaired) electrons. The Balaban J connectivity index is 2.19. The predicted octanol–water partition coefficient (Wildman–Crippen LogP) is 4.15. The van der Waals surface area contributed by atoms with Crippen molar-refractivity contribution >= 4 is 5.69 Å². The van der Waals surface area contributed by atoms with Crippen molar-refractivity contribution in [3.8, 4) is 0 Å². The van der Waals surface area contributed by atoms with Crippen LogP contribution in [0, 0.1) is 31.3 Å². The molecule has 1 aromatic heterocycles. The molecular weight excluding hydrogens is 265 g/mol. The fraction of sp³-hybridized carbons (Fsp3) is 0.333. The third-order valence-corrected chi connectivity index (χ3v) is 3.47. The number of halogens is 3. The first-order valence-corrected chi connectivity index (χ1v) is 6.48. The molecule has 0 spiro atoms. The van der Waals surface area contributed by atoms with Gasteiger partial charge in [0.1, 0.15) is 5.82 Å². The summed E-state index contributed by atoms with van der Waals surface area (Å²) in [6.45, 7) is 7.25. The number of nitrogens with one attached hydrogen (secondary N) is 1. The summed E-state index contributed by atoms with van der Waals surface area (Å²) in [4.78, 5) is 0. The van der Waals surface area contributed by atoms with Crippen molar-refractivity contribution < 1.29 is 13.2 Å². The van der Waals surface area contributed by atoms with Crippen molar-refractivity contribution in [1.82, 2.24) is 4.57 Å². The maximum Gasteiger partial charge on any atom is 0.161 e. The van der Waals surface area contributed by atoms with Crippen LogP contribution in [0.2, 0.25) is 0 Å². The van der Waals surface area contributed by atoms with Crippen LogP contribution in [0.1, 0.15) is 23.9 Å². The first-order valence-electron chi connectivity index (χ1n) is 6.48. The molecular formula is C15H17F3N2. The van der Waals surface area contributed by atoms with Crippen molar-refractivity contribution in [2.45, 2.75) is 33.9 Å². The molecule has 0 atom stereocenters. The Bertz CT molecular complexity index is 633. The monoisotopic (exact) mass is 282 g/mol. The van der Waals surface area contributed by atoms with Gasteiger partial charge in [0.2, 0.25) is 0 Å². The SMILES string of the molecule is CCn1c(C)cc(CNc2cc(F)c(F)cc2F)c1C. The lowest BCUT2D eigenvalue weighted by atomic mass is 10.2. The Morgan fingerprint density at radius 3 is 2.25 bits per heavy atom. The average molecular weight is 282 g/mol. The highest BCUT2D eigenvalue weighted by Crippen LogP contribution is 2.21. The number of anilines is 1. The number of aromatic nitrogens is 1. The topological polar surface area (TPSA) is 17.0 Å². The first-order chi connectivity index (χ1) is 9.43. The summed E-state index contributed by atoms with van der Waals surface area (Å²) in [7, 11) is 0. The summed E-state index contributed by atoms with van der Waals surface area (Å²) < 4.78 is 41.6. The number of nitrogens with zero attached hydrogens (tertiary/aromatic N) is 1. The first kappa shape index (κ1) is 14.5. The van der Waals surface area contributed by atoms with E-state index < -0.39 is 17.5 Å². The molecule has 2 nitrogen and oxygen atoms in total. The zero-order valence-corrected chi connectivity index (χ0v) is 11.7. The maximum absolute atomic E-state index is 13.5. The van der Waals surface area contributed by atoms with Crippen LogP contribution in [-0.2, 0) is 13.1 Å². The van der Waals surface area contributed by atoms with Crippen LogP contribution in [-0.4, -0.2) is 4.57 Å². The van der Waals surface area contributed by atoms with E-state index in [9.17, 15) is 13.2 Å². The maximum atomic E-state index is 13.5. The zero-order chi connectivity index (χ0) is 14.9. The van der Waals surface area contributed by atoms with Gasteiger partial charge in [-0.25, -0.2) is 13.2 Å². The molecule has 0 aliphatic carbocycles. The van der Waals surface area contributed by atoms with E-state index in [1.165, 1.54) is 0 Å². The summed E-state index contributed by atoms with van der Waals surface area (Å²) in [5, 5.41) is 2.81. The lowest BCUT2D eigenvalue weighted by Gasteiger charge is -2.09. The number of rotatable bonds is 4. The summed E-state index contributed by atoms with van der Waals surface area (Å²) in [5.41, 5.74) is 3.17. The van der Waals surface area contributed by atoms with Crippen molar-refractivity contribution in [1.29, 1.82) is 0 Å². The Morgan fingerprint density at radius 1 is 1.00 bits per heavy atom. The molecule has 20 heavy (non-hydrogen) atoms. The molecule has 108 valence electrons. The van der Waals surface area contributed by atoms with Crippen LogP contribution >= 0.6 is 0 Å². The molecule has 5 heteroatoms. The lowest BCUT2D eigenvalue weighted by molar-refractivity contribution is 0.496. The van der Waals surface area contributed by atoms with Crippen LogP contribution in [0.5, 0.6) is 0 Å². The minimum absolute atomic E-state index is 0.0369. The van der Waals surface area contributed by atoms with Crippen LogP contribution in [0.3, 0.4) is 0 Å². The van der Waals surface area contributed by atoms with Crippen LogP contribution in [0.25, 0.3) is 0 Å². The molecule has 2 aromatic rings. The van der Waals surface area contributed by atoms with Gasteiger partial charge in [-0.1, -0.05) is 0 Å². The van der Waals surface area contributed by atoms with Crippen molar-refractivity contribution in [3.63, 3.8) is 0 Å². The van der Waals surface area contributed by atoms with Gasteiger partial charge in [0.15, 0.2) is 11.6 Å². The summed E-state index contributed by atoms with van der Waals surface area (Å²) in [6, 6.07) is 3.39. The number of benzene rings is 1. The Morgan fingerprint density at radius 2 is 1.65 bits per heavy atom. The van der Waals surface area contributed by atoms with Crippen LogP contribution in [0.4, 0.5) is 18.9 Å². The van der Waals surface area contributed by atoms with E-state index in [-0.39, 0.29) is 5.69 Å². The lowest BCUT2D eigenvalue weighted by Crippen LogP contribution is -2.05. The molecule has 1 heterocycles. The van der Waals surface area contributed by atoms with Gasteiger partial charge in [-0.15, -0.1) is 0 Å². The Labute approximate surface area is 116 Å². The van der Waals surface area contributed by atoms with Crippen molar-refractivity contribution in [2.24, 2.45) is 0 Å². The van der Waals surface area contributed by atoms with E-state index in [4.69, 9.17) is 0 Å². The fourth-order valence-corrected chi connectivity index (χ4v) is 2.39. The van der Waals surface area contributed by atoms with Gasteiger partial charge in [0.05, 0.1) is 5.69 Å². The van der Waals surface area contributed by atoms with Gasteiger partial charge < -0.3 is 9.88 Å². The largest absolute Gasteiger partial charge is 0.378 e. The summed E-state index contributed by atoms with van der Waals surface area (Å²) >= 11 is 0. The van der Waals surface area contributed by atoms with Gasteiger partial charge >= 0.3 is 0 Å². The van der Waals surface area contributed by atoms with E-state index in [0.29, 0.717) is 12.6 Å². The van der Waals surface area contributed by atoms with Crippen molar-refractivity contribution in [2.75, 3.05) is 5.32 Å². The van der Waals surface area contributed by atoms with Gasteiger partial charge in [0.25, 0.3) is 0 Å². The van der Waals surface area contributed by atoms with Gasteiger partial charge in [-0.2, -0.15) is 0 Å². The average Bonchev–Trinajstić information content (AvgIpc) is 2.66. The number of hydrogen-bond donors (Lipinski definition) is 1. The molecule has 0 unspecified atom stereocenters. The third-order valence-electron chi connectivity index (χ3n) is 3.47. The molecule has 1 N–H and O–H groups in total. The molecule has 0 aliphatic rings. The number of hydrogen-bond acceptors (Lipinski definition) is 1. The number of aryl methyl sites for hydroxylation is 1. The minimum atomic E-state index is -1.18. The zero-order valence-electron chi connectivity index (χ0n) is 11.7. The second-order valence-electron chi connectivity index (χ2n) is 4.74. The second kappa shape index (κ2) is 5.61. The van der Waals surface area contributed by atoms with E-state index in [2.05, 4.69) is 9.88 Å². The van der Waals surface area contributed by atoms with E-state index in [0.717, 1.165) is 29.6 Å². The molecule has 0 bridgehead atoms. The third kappa shape index (κ3) is 2.66. The van der Waals surface area contributed by atoms with E-state index in [1.807, 2.05) is 26.8 Å². The van der Waals surface area contributed by atoms with Gasteiger partial charge in [-0.3, -0.25) is 0 Å². The predicted molar refractivity (Wildman–Crippen MR) is 73.2 cm³/mol. The summed E-state index contributed by atoms with van der Waals surface area (Å²) in [6.07, 6.45) is 0. The van der Waals surface area contributed by atoms with E-state index >= 15 is 0 Å². The normalized spacial score (nSPS) is 10.9. The smallest absolute Gasteiger partial charge is 0.161 e. The molecule has 0 saturated carbocycles. The van der Waals surface area contributed by atoms with Crippen LogP contribution < -0.4 is 5.32 Å². The quantitative estimate of drug-likeness (QED) is 0.833. The van der Waals surface area contributed by atoms with E-state index in [1.54, 1.807) is 0 Å². The highest BCUT2D eigenvalue weighted by atomic mass is 19.2. The minimum Gasteiger partial charge on any atom is -0.378 e. The second-order valence-corrected chi connectivity index (χ2v) is 4.74. The van der Waals surface area contributed by atoms with Crippen molar-refractivity contribution in [3.05, 3.63) is 52.6 Å². The summed E-state index contributed by atoms with van der Waals surface area (Å²) in [5.74, 6) is -3.04. The molecule has 0 aliphatic heterocycles. The highest BCUT2D eigenvalue weighted by molar-refractivity contribution is 5.46. The Hall–Kier alpha value is -1.91. The fourth-order valence-electron chi connectivity index (χ4n) is 2.39. The standard InChI is InChI=1S/C15H17F3N2/c1-4-20-9(2)5-11(10(20)3)8-19-15-7-13(17)12(16)6-14(15)18/h5-7,19H,4,8H2,1-3H3. The van der Waals surface area contributed by atoms with Gasteiger partial charge in [0, 0.05) is 36.6 Å². The molecule has 0 amide bonds. The molecule has 1 aromatic carbocycles. The highest BCUT2D eigenvalue weighted by Gasteiger charge is 2.11. The molecule has 0 saturated heterocycles.